The Morgan fingerprint density at radius 3 is 1.35 bits per heavy atom. The van der Waals surface area contributed by atoms with E-state index < -0.39 is 15.6 Å². The molecule has 1 aliphatic rings. The van der Waals surface area contributed by atoms with Crippen molar-refractivity contribution in [2.75, 3.05) is 27.6 Å². The van der Waals surface area contributed by atoms with Gasteiger partial charge in [-0.3, -0.25) is 4.79 Å². The predicted octanol–water partition coefficient (Wildman–Crippen LogP) is 6.01. The molecule has 43 heavy (non-hydrogen) atoms. The van der Waals surface area contributed by atoms with Crippen LogP contribution in [0.25, 0.3) is 10.4 Å². The molecule has 0 aromatic heterocycles. The van der Waals surface area contributed by atoms with E-state index in [0.717, 1.165) is 29.6 Å². The van der Waals surface area contributed by atoms with Gasteiger partial charge in [0.2, 0.25) is 0 Å². The van der Waals surface area contributed by atoms with Crippen molar-refractivity contribution in [3.05, 3.63) is 136 Å². The highest BCUT2D eigenvalue weighted by atomic mass is 32.2. The SMILES string of the molecule is COc1ccc(C(C)(c2ccc(OC)cc2)c2ccc(OC)cc2)cc1.CS(=O)(=O)C1=CC(=[N+]=[N-])C(=O)c2ccccc21. The number of Topliss-reactive ketones (excluding diaryl/α,β-unsaturated/α-hetero) is 1. The molecule has 0 atom stereocenters. The van der Waals surface area contributed by atoms with Gasteiger partial charge in [-0.1, -0.05) is 60.7 Å². The Hall–Kier alpha value is -4.98. The molecule has 0 saturated carbocycles. The number of methoxy groups -OCH3 is 3. The molecular weight excluding hydrogens is 564 g/mol. The smallest absolute Gasteiger partial charge is 0.364 e. The van der Waals surface area contributed by atoms with Crippen LogP contribution in [0.2, 0.25) is 0 Å². The lowest BCUT2D eigenvalue weighted by Crippen LogP contribution is -2.25. The summed E-state index contributed by atoms with van der Waals surface area (Å²) in [5.74, 6) is 2.05. The highest BCUT2D eigenvalue weighted by molar-refractivity contribution is 8.00. The fraction of sp³-hybridized carbons (Fsp3) is 0.176. The van der Waals surface area contributed by atoms with Crippen LogP contribution < -0.4 is 14.2 Å². The summed E-state index contributed by atoms with van der Waals surface area (Å²) in [7, 11) is 1.56. The van der Waals surface area contributed by atoms with Crippen molar-refractivity contribution in [2.45, 2.75) is 12.3 Å². The van der Waals surface area contributed by atoms with Gasteiger partial charge >= 0.3 is 5.71 Å². The molecule has 5 rings (SSSR count). The number of ketones is 1. The van der Waals surface area contributed by atoms with E-state index in [1.54, 1.807) is 39.5 Å². The first-order valence-electron chi connectivity index (χ1n) is 13.3. The number of carbonyl (C=O) groups is 1. The van der Waals surface area contributed by atoms with Crippen LogP contribution in [0, 0.1) is 0 Å². The molecule has 8 nitrogen and oxygen atoms in total. The number of nitrogens with zero attached hydrogens (tertiary/aromatic N) is 2. The van der Waals surface area contributed by atoms with Gasteiger partial charge in [0.1, 0.15) is 17.2 Å². The normalized spacial score (nSPS) is 12.6. The van der Waals surface area contributed by atoms with Gasteiger partial charge in [0, 0.05) is 22.8 Å². The van der Waals surface area contributed by atoms with Crippen LogP contribution in [0.1, 0.15) is 39.5 Å². The molecule has 0 saturated heterocycles. The fourth-order valence-corrected chi connectivity index (χ4v) is 5.86. The van der Waals surface area contributed by atoms with Crippen molar-refractivity contribution in [3.63, 3.8) is 0 Å². The first kappa shape index (κ1) is 31.0. The topological polar surface area (TPSA) is 115 Å². The number of hydrogen-bond donors (Lipinski definition) is 0. The molecule has 9 heteroatoms. The van der Waals surface area contributed by atoms with Crippen LogP contribution in [-0.2, 0) is 15.3 Å². The zero-order valence-electron chi connectivity index (χ0n) is 24.6. The highest BCUT2D eigenvalue weighted by Gasteiger charge is 2.33. The molecule has 0 spiro atoms. The molecule has 0 heterocycles. The number of benzene rings is 4. The molecule has 4 aromatic carbocycles. The van der Waals surface area contributed by atoms with Gasteiger partial charge in [-0.05, 0) is 60.0 Å². The molecule has 0 N–H and O–H groups in total. The lowest BCUT2D eigenvalue weighted by atomic mass is 9.71. The van der Waals surface area contributed by atoms with Gasteiger partial charge in [0.15, 0.2) is 9.84 Å². The summed E-state index contributed by atoms with van der Waals surface area (Å²) in [6.45, 7) is 2.23. The first-order chi connectivity index (χ1) is 20.6. The van der Waals surface area contributed by atoms with Crippen LogP contribution in [0.4, 0.5) is 0 Å². The summed E-state index contributed by atoms with van der Waals surface area (Å²) in [6, 6.07) is 31.0. The summed E-state index contributed by atoms with van der Waals surface area (Å²) in [4.78, 5) is 14.6. The molecule has 0 fully saturated rings. The van der Waals surface area contributed by atoms with Crippen LogP contribution >= 0.6 is 0 Å². The maximum absolute atomic E-state index is 11.8. The predicted molar refractivity (Wildman–Crippen MR) is 167 cm³/mol. The number of ether oxygens (including phenoxy) is 3. The van der Waals surface area contributed by atoms with Crippen molar-refractivity contribution in [1.29, 1.82) is 0 Å². The van der Waals surface area contributed by atoms with E-state index in [2.05, 4.69) is 48.1 Å². The Morgan fingerprint density at radius 2 is 1.02 bits per heavy atom. The van der Waals surface area contributed by atoms with Gasteiger partial charge in [-0.25, -0.2) is 8.42 Å². The summed E-state index contributed by atoms with van der Waals surface area (Å²) >= 11 is 0. The molecule has 220 valence electrons. The van der Waals surface area contributed by atoms with Crippen molar-refractivity contribution < 1.29 is 32.2 Å². The third-order valence-electron chi connectivity index (χ3n) is 7.45. The minimum absolute atomic E-state index is 0.0134. The minimum Gasteiger partial charge on any atom is -0.497 e. The minimum atomic E-state index is -3.49. The van der Waals surface area contributed by atoms with Crippen molar-refractivity contribution in [1.82, 2.24) is 0 Å². The maximum Gasteiger partial charge on any atom is 0.364 e. The Kier molecular flexibility index (Phi) is 9.29. The number of fused-ring (bicyclic) bond motifs is 1. The Morgan fingerprint density at radius 1 is 0.651 bits per heavy atom. The zero-order chi connectivity index (χ0) is 31.2. The molecule has 0 aliphatic heterocycles. The van der Waals surface area contributed by atoms with Gasteiger partial charge in [-0.15, -0.1) is 0 Å². The Balaban J connectivity index is 0.000000215. The second-order valence-electron chi connectivity index (χ2n) is 9.95. The van der Waals surface area contributed by atoms with E-state index in [1.165, 1.54) is 22.8 Å². The summed E-state index contributed by atoms with van der Waals surface area (Å²) in [5, 5.41) is 0. The third-order valence-corrected chi connectivity index (χ3v) is 8.58. The average molecular weight is 597 g/mol. The molecule has 4 aromatic rings. The number of sulfone groups is 1. The maximum atomic E-state index is 11.8. The first-order valence-corrected chi connectivity index (χ1v) is 15.2. The lowest BCUT2D eigenvalue weighted by Gasteiger charge is -2.32. The summed E-state index contributed by atoms with van der Waals surface area (Å²) in [6.07, 6.45) is 2.13. The van der Waals surface area contributed by atoms with E-state index in [0.29, 0.717) is 5.56 Å². The van der Waals surface area contributed by atoms with E-state index in [-0.39, 0.29) is 21.6 Å². The van der Waals surface area contributed by atoms with E-state index in [1.807, 2.05) is 36.4 Å². The lowest BCUT2D eigenvalue weighted by molar-refractivity contribution is -0.00437. The van der Waals surface area contributed by atoms with Gasteiger partial charge < -0.3 is 19.7 Å². The van der Waals surface area contributed by atoms with Crippen molar-refractivity contribution >= 4 is 26.2 Å². The van der Waals surface area contributed by atoms with E-state index >= 15 is 0 Å². The highest BCUT2D eigenvalue weighted by Crippen LogP contribution is 2.40. The summed E-state index contributed by atoms with van der Waals surface area (Å²) < 4.78 is 39.2. The average Bonchev–Trinajstić information content (AvgIpc) is 3.04. The van der Waals surface area contributed by atoms with Crippen LogP contribution in [0.15, 0.2) is 103 Å². The molecule has 1 aliphatic carbocycles. The van der Waals surface area contributed by atoms with Crippen LogP contribution in [0.3, 0.4) is 0 Å². The molecule has 0 unspecified atom stereocenters. The second kappa shape index (κ2) is 12.9. The number of hydrogen-bond acceptors (Lipinski definition) is 6. The van der Waals surface area contributed by atoms with Crippen molar-refractivity contribution in [2.24, 2.45) is 0 Å². The molecular formula is C34H32N2O6S. The fourth-order valence-electron chi connectivity index (χ4n) is 4.96. The monoisotopic (exact) mass is 596 g/mol. The van der Waals surface area contributed by atoms with Gasteiger partial charge in [-0.2, -0.15) is 4.79 Å². The van der Waals surface area contributed by atoms with Gasteiger partial charge in [0.25, 0.3) is 5.78 Å². The second-order valence-corrected chi connectivity index (χ2v) is 11.9. The quantitative estimate of drug-likeness (QED) is 0.147. The molecule has 0 radical (unpaired) electrons. The number of allylic oxidation sites excluding steroid dienone is 1. The van der Waals surface area contributed by atoms with Gasteiger partial charge in [0.05, 0.1) is 32.3 Å². The molecule has 0 amide bonds. The van der Waals surface area contributed by atoms with Crippen LogP contribution in [0.5, 0.6) is 17.2 Å². The summed E-state index contributed by atoms with van der Waals surface area (Å²) in [5.41, 5.74) is 12.2. The number of rotatable bonds is 7. The largest absolute Gasteiger partial charge is 0.497 e. The zero-order valence-corrected chi connectivity index (χ0v) is 25.4. The van der Waals surface area contributed by atoms with E-state index in [9.17, 15) is 13.2 Å². The van der Waals surface area contributed by atoms with E-state index in [4.69, 9.17) is 19.7 Å². The standard InChI is InChI=1S/C23H24O3.C11H8N2O3S/c1-23(17-5-11-20(24-2)12-6-17,18-7-13-21(25-3)14-8-18)19-9-15-22(26-4)16-10-19;1-17(15,16)10-6-9(13-12)11(14)8-5-3-2-4-7(8)10/h5-16H,1-4H3;2-6H,1H3. The molecule has 0 bridgehead atoms. The van der Waals surface area contributed by atoms with Crippen LogP contribution in [-0.4, -0.2) is 52.3 Å². The Bertz CT molecular complexity index is 1690. The Labute approximate surface area is 251 Å². The van der Waals surface area contributed by atoms with Crippen molar-refractivity contribution in [3.8, 4) is 17.2 Å². The number of carbonyl (C=O) groups excluding carboxylic acids is 1. The third kappa shape index (κ3) is 6.43.